The van der Waals surface area contributed by atoms with Crippen LogP contribution in [0.1, 0.15) is 51.8 Å². The Morgan fingerprint density at radius 2 is 1.94 bits per heavy atom. The first kappa shape index (κ1) is 21.1. The average Bonchev–Trinajstić information content (AvgIpc) is 2.79. The van der Waals surface area contributed by atoms with Crippen LogP contribution in [0.2, 0.25) is 0 Å². The molecule has 2 aromatic heterocycles. The molecule has 1 aliphatic rings. The van der Waals surface area contributed by atoms with Crippen LogP contribution in [0.3, 0.4) is 0 Å². The summed E-state index contributed by atoms with van der Waals surface area (Å²) in [7, 11) is 0. The standard InChI is InChI=1S/C24H26FN5O/c1-17-22(24(31)28-13-18-4-6-21(25)7-5-18)14-27-23(29-17)20-3-2-12-30(16-20)15-19-8-10-26-11-9-19/h4-11,14,20H,2-3,12-13,15-16H2,1H3,(H,28,31)/t20-/m1/s1. The molecule has 0 aliphatic carbocycles. The number of aryl methyl sites for hydroxylation is 1. The summed E-state index contributed by atoms with van der Waals surface area (Å²) in [6.45, 7) is 5.02. The molecule has 7 heteroatoms. The third kappa shape index (κ3) is 5.49. The van der Waals surface area contributed by atoms with Gasteiger partial charge in [0.15, 0.2) is 0 Å². The van der Waals surface area contributed by atoms with E-state index in [0.717, 1.165) is 43.9 Å². The number of halogens is 1. The second-order valence-electron chi connectivity index (χ2n) is 7.97. The van der Waals surface area contributed by atoms with Crippen LogP contribution < -0.4 is 5.32 Å². The Morgan fingerprint density at radius 3 is 2.68 bits per heavy atom. The summed E-state index contributed by atoms with van der Waals surface area (Å²) >= 11 is 0. The van der Waals surface area contributed by atoms with Gasteiger partial charge in [-0.1, -0.05) is 12.1 Å². The highest BCUT2D eigenvalue weighted by atomic mass is 19.1. The number of carbonyl (C=O) groups is 1. The van der Waals surface area contributed by atoms with Gasteiger partial charge in [0.05, 0.1) is 11.3 Å². The van der Waals surface area contributed by atoms with Gasteiger partial charge < -0.3 is 5.32 Å². The highest BCUT2D eigenvalue weighted by Gasteiger charge is 2.24. The van der Waals surface area contributed by atoms with E-state index in [4.69, 9.17) is 0 Å². The number of rotatable bonds is 6. The summed E-state index contributed by atoms with van der Waals surface area (Å²) < 4.78 is 13.0. The van der Waals surface area contributed by atoms with E-state index in [1.54, 1.807) is 18.3 Å². The van der Waals surface area contributed by atoms with E-state index in [0.29, 0.717) is 17.8 Å². The Kier molecular flexibility index (Phi) is 6.62. The molecule has 1 amide bonds. The Hall–Kier alpha value is -3.19. The van der Waals surface area contributed by atoms with Crippen molar-refractivity contribution in [2.75, 3.05) is 13.1 Å². The predicted molar refractivity (Wildman–Crippen MR) is 116 cm³/mol. The monoisotopic (exact) mass is 419 g/mol. The summed E-state index contributed by atoms with van der Waals surface area (Å²) in [4.78, 5) is 28.3. The van der Waals surface area contributed by atoms with Gasteiger partial charge in [-0.15, -0.1) is 0 Å². The lowest BCUT2D eigenvalue weighted by Gasteiger charge is -2.32. The first-order valence-electron chi connectivity index (χ1n) is 10.6. The highest BCUT2D eigenvalue weighted by Crippen LogP contribution is 2.26. The first-order valence-corrected chi connectivity index (χ1v) is 10.6. The fourth-order valence-corrected chi connectivity index (χ4v) is 3.94. The molecule has 4 rings (SSSR count). The van der Waals surface area contributed by atoms with Gasteiger partial charge in [-0.25, -0.2) is 14.4 Å². The lowest BCUT2D eigenvalue weighted by molar-refractivity contribution is 0.0949. The molecule has 0 bridgehead atoms. The Balaban J connectivity index is 1.38. The zero-order valence-corrected chi connectivity index (χ0v) is 17.6. The zero-order chi connectivity index (χ0) is 21.6. The normalized spacial score (nSPS) is 16.8. The topological polar surface area (TPSA) is 71.0 Å². The van der Waals surface area contributed by atoms with Gasteiger partial charge in [-0.2, -0.15) is 0 Å². The van der Waals surface area contributed by atoms with Gasteiger partial charge in [0.25, 0.3) is 5.91 Å². The number of likely N-dealkylation sites (tertiary alicyclic amines) is 1. The Morgan fingerprint density at radius 1 is 1.16 bits per heavy atom. The van der Waals surface area contributed by atoms with Gasteiger partial charge in [0.2, 0.25) is 0 Å². The van der Waals surface area contributed by atoms with Gasteiger partial charge in [-0.05, 0) is 61.7 Å². The number of benzene rings is 1. The minimum Gasteiger partial charge on any atom is -0.348 e. The van der Waals surface area contributed by atoms with Crippen molar-refractivity contribution in [3.63, 3.8) is 0 Å². The molecule has 1 atom stereocenters. The van der Waals surface area contributed by atoms with Crippen molar-refractivity contribution in [1.29, 1.82) is 0 Å². The molecule has 31 heavy (non-hydrogen) atoms. The van der Waals surface area contributed by atoms with Crippen LogP contribution in [0.5, 0.6) is 0 Å². The molecule has 0 radical (unpaired) electrons. The number of aromatic nitrogens is 3. The van der Waals surface area contributed by atoms with E-state index in [1.165, 1.54) is 17.7 Å². The van der Waals surface area contributed by atoms with E-state index in [2.05, 4.69) is 25.2 Å². The SMILES string of the molecule is Cc1nc([C@@H]2CCCN(Cc3ccncc3)C2)ncc1C(=O)NCc1ccc(F)cc1. The van der Waals surface area contributed by atoms with Crippen LogP contribution in [-0.2, 0) is 13.1 Å². The molecule has 3 heterocycles. The second-order valence-corrected chi connectivity index (χ2v) is 7.97. The number of carbonyl (C=O) groups excluding carboxylic acids is 1. The Labute approximate surface area is 181 Å². The maximum absolute atomic E-state index is 13.0. The van der Waals surface area contributed by atoms with Crippen LogP contribution in [-0.4, -0.2) is 38.8 Å². The molecular formula is C24H26FN5O. The number of pyridine rings is 1. The van der Waals surface area contributed by atoms with E-state index in [1.807, 2.05) is 31.5 Å². The van der Waals surface area contributed by atoms with E-state index < -0.39 is 0 Å². The van der Waals surface area contributed by atoms with Gasteiger partial charge >= 0.3 is 0 Å². The lowest BCUT2D eigenvalue weighted by atomic mass is 9.96. The summed E-state index contributed by atoms with van der Waals surface area (Å²) in [6.07, 6.45) is 7.41. The van der Waals surface area contributed by atoms with Crippen LogP contribution in [0.4, 0.5) is 4.39 Å². The number of piperidine rings is 1. The van der Waals surface area contributed by atoms with Crippen LogP contribution >= 0.6 is 0 Å². The summed E-state index contributed by atoms with van der Waals surface area (Å²) in [5.41, 5.74) is 3.23. The number of amides is 1. The number of nitrogens with one attached hydrogen (secondary N) is 1. The predicted octanol–water partition coefficient (Wildman–Crippen LogP) is 3.63. The fourth-order valence-electron chi connectivity index (χ4n) is 3.94. The molecule has 0 spiro atoms. The third-order valence-electron chi connectivity index (χ3n) is 5.64. The molecule has 3 aromatic rings. The Bertz CT molecular complexity index is 1030. The van der Waals surface area contributed by atoms with E-state index >= 15 is 0 Å². The number of hydrogen-bond acceptors (Lipinski definition) is 5. The fraction of sp³-hybridized carbons (Fsp3) is 0.333. The molecule has 1 aliphatic heterocycles. The van der Waals surface area contributed by atoms with Crippen molar-refractivity contribution in [2.24, 2.45) is 0 Å². The maximum Gasteiger partial charge on any atom is 0.254 e. The maximum atomic E-state index is 13.0. The molecule has 1 fully saturated rings. The van der Waals surface area contributed by atoms with Gasteiger partial charge in [-0.3, -0.25) is 14.7 Å². The van der Waals surface area contributed by atoms with Gasteiger partial charge in [0, 0.05) is 44.1 Å². The smallest absolute Gasteiger partial charge is 0.254 e. The van der Waals surface area contributed by atoms with Crippen LogP contribution in [0.15, 0.2) is 55.0 Å². The molecule has 0 saturated carbocycles. The minimum absolute atomic E-state index is 0.226. The average molecular weight is 420 g/mol. The van der Waals surface area contributed by atoms with Crippen molar-refractivity contribution in [3.05, 3.63) is 89.0 Å². The number of hydrogen-bond donors (Lipinski definition) is 1. The van der Waals surface area contributed by atoms with E-state index in [9.17, 15) is 9.18 Å². The molecule has 0 unspecified atom stereocenters. The van der Waals surface area contributed by atoms with Crippen molar-refractivity contribution >= 4 is 5.91 Å². The quantitative estimate of drug-likeness (QED) is 0.661. The largest absolute Gasteiger partial charge is 0.348 e. The molecule has 1 aromatic carbocycles. The molecule has 1 N–H and O–H groups in total. The van der Waals surface area contributed by atoms with E-state index in [-0.39, 0.29) is 17.6 Å². The third-order valence-corrected chi connectivity index (χ3v) is 5.64. The second kappa shape index (κ2) is 9.75. The summed E-state index contributed by atoms with van der Waals surface area (Å²) in [5.74, 6) is 0.533. The molecular weight excluding hydrogens is 393 g/mol. The van der Waals surface area contributed by atoms with Crippen molar-refractivity contribution < 1.29 is 9.18 Å². The van der Waals surface area contributed by atoms with Crippen molar-refractivity contribution in [1.82, 2.24) is 25.2 Å². The molecule has 160 valence electrons. The van der Waals surface area contributed by atoms with Crippen molar-refractivity contribution in [2.45, 2.75) is 38.8 Å². The molecule has 6 nitrogen and oxygen atoms in total. The first-order chi connectivity index (χ1) is 15.1. The molecule has 1 saturated heterocycles. The van der Waals surface area contributed by atoms with Crippen LogP contribution in [0.25, 0.3) is 0 Å². The van der Waals surface area contributed by atoms with Crippen LogP contribution in [0, 0.1) is 12.7 Å². The minimum atomic E-state index is -0.294. The summed E-state index contributed by atoms with van der Waals surface area (Å²) in [5, 5.41) is 2.85. The van der Waals surface area contributed by atoms with Crippen molar-refractivity contribution in [3.8, 4) is 0 Å². The lowest BCUT2D eigenvalue weighted by Crippen LogP contribution is -2.34. The van der Waals surface area contributed by atoms with Gasteiger partial charge in [0.1, 0.15) is 11.6 Å². The summed E-state index contributed by atoms with van der Waals surface area (Å²) in [6, 6.07) is 10.2. The highest BCUT2D eigenvalue weighted by molar-refractivity contribution is 5.94. The number of nitrogens with zero attached hydrogens (tertiary/aromatic N) is 4. The zero-order valence-electron chi connectivity index (χ0n) is 17.6.